The van der Waals surface area contributed by atoms with E-state index in [1.54, 1.807) is 9.64 Å². The van der Waals surface area contributed by atoms with Crippen LogP contribution in [0.2, 0.25) is 0 Å². The zero-order valence-electron chi connectivity index (χ0n) is 15.9. The van der Waals surface area contributed by atoms with Crippen molar-refractivity contribution in [1.82, 2.24) is 0 Å². The molecule has 0 saturated heterocycles. The van der Waals surface area contributed by atoms with Crippen LogP contribution in [-0.2, 0) is 27.3 Å². The molecule has 23 heavy (non-hydrogen) atoms. The van der Waals surface area contributed by atoms with Crippen molar-refractivity contribution in [3.63, 3.8) is 0 Å². The van der Waals surface area contributed by atoms with Gasteiger partial charge in [0.15, 0.2) is 0 Å². The summed E-state index contributed by atoms with van der Waals surface area (Å²) in [6.45, 7) is 20.7. The number of hydrogen-bond donors (Lipinski definition) is 0. The summed E-state index contributed by atoms with van der Waals surface area (Å²) < 4.78 is 1.62. The van der Waals surface area contributed by atoms with Gasteiger partial charge in [0.2, 0.25) is 0 Å². The molecule has 142 valence electrons. The monoisotopic (exact) mass is 615 g/mol. The first kappa shape index (κ1) is 27.5. The number of halogens is 2. The number of rotatable bonds is 3. The molecule has 0 spiro atoms. The molecule has 0 aliphatic carbocycles. The summed E-state index contributed by atoms with van der Waals surface area (Å²) in [5.41, 5.74) is 0.745. The van der Waals surface area contributed by atoms with Gasteiger partial charge >= 0.3 is 35.3 Å². The van der Waals surface area contributed by atoms with Crippen molar-refractivity contribution in [2.24, 2.45) is 0 Å². The fourth-order valence-electron chi connectivity index (χ4n) is 1.50. The Bertz CT molecular complexity index is 363. The molecule has 0 radical (unpaired) electrons. The fourth-order valence-corrected chi connectivity index (χ4v) is 9.16. The molecule has 0 amide bonds. The fraction of sp³-hybridized carbons (Fsp3) is 0.875. The molecular weight excluding hydrogens is 583 g/mol. The molecule has 0 N–H and O–H groups in total. The maximum absolute atomic E-state index is 4.88. The predicted molar refractivity (Wildman–Crippen MR) is 117 cm³/mol. The Morgan fingerprint density at radius 2 is 1.30 bits per heavy atom. The third-order valence-corrected chi connectivity index (χ3v) is 12.6. The van der Waals surface area contributed by atoms with Crippen molar-refractivity contribution < 1.29 is 16.5 Å². The molecule has 1 rings (SSSR count). The average molecular weight is 616 g/mol. The third kappa shape index (κ3) is 14.0. The topological polar surface area (TPSA) is 0 Å². The summed E-state index contributed by atoms with van der Waals surface area (Å²) >= 11 is -0.472. The van der Waals surface area contributed by atoms with E-state index in [0.29, 0.717) is 18.8 Å². The van der Waals surface area contributed by atoms with Crippen molar-refractivity contribution >= 4 is 53.3 Å². The van der Waals surface area contributed by atoms with E-state index in [1.807, 2.05) is 10.9 Å². The van der Waals surface area contributed by atoms with Gasteiger partial charge in [0.1, 0.15) is 0 Å². The van der Waals surface area contributed by atoms with Crippen LogP contribution in [0.15, 0.2) is 0 Å². The van der Waals surface area contributed by atoms with E-state index in [1.165, 1.54) is 34.0 Å². The summed E-state index contributed by atoms with van der Waals surface area (Å²) in [5, 5.41) is 1.66. The van der Waals surface area contributed by atoms with E-state index in [9.17, 15) is 0 Å². The predicted octanol–water partition coefficient (Wildman–Crippen LogP) is 9.41. The minimum atomic E-state index is -0.472. The second-order valence-corrected chi connectivity index (χ2v) is 17.7. The van der Waals surface area contributed by atoms with Gasteiger partial charge in [-0.3, -0.25) is 0 Å². The molecule has 0 aliphatic rings. The average Bonchev–Trinajstić information content (AvgIpc) is 2.92. The van der Waals surface area contributed by atoms with E-state index < -0.39 is 16.5 Å². The molecule has 0 bridgehead atoms. The van der Waals surface area contributed by atoms with Crippen LogP contribution in [0.25, 0.3) is 0 Å². The summed E-state index contributed by atoms with van der Waals surface area (Å²) in [6.07, 6.45) is 4.26. The van der Waals surface area contributed by atoms with E-state index >= 15 is 0 Å². The molecule has 0 atom stereocenters. The van der Waals surface area contributed by atoms with Gasteiger partial charge in [0, 0.05) is 15.1 Å². The van der Waals surface area contributed by atoms with Crippen LogP contribution in [0.3, 0.4) is 0 Å². The quantitative estimate of drug-likeness (QED) is 0.297. The molecular formula is C16H33Cl2P3PtS. The summed E-state index contributed by atoms with van der Waals surface area (Å²) in [7, 11) is 15.2. The molecule has 0 aromatic carbocycles. The van der Waals surface area contributed by atoms with Crippen LogP contribution in [0, 0.1) is 0 Å². The summed E-state index contributed by atoms with van der Waals surface area (Å²) in [6, 6.07) is 0. The molecule has 1 aromatic heterocycles. The van der Waals surface area contributed by atoms with Crippen LogP contribution in [0.5, 0.6) is 0 Å². The second-order valence-electron chi connectivity index (χ2n) is 7.09. The Labute approximate surface area is 170 Å². The Morgan fingerprint density at radius 3 is 1.43 bits per heavy atom. The van der Waals surface area contributed by atoms with Crippen molar-refractivity contribution in [1.29, 1.82) is 0 Å². The molecule has 0 unspecified atom stereocenters. The number of hydrogen-bond acceptors (Lipinski definition) is 1. The first-order valence-electron chi connectivity index (χ1n) is 7.87. The summed E-state index contributed by atoms with van der Waals surface area (Å²) in [4.78, 5) is 0. The molecule has 0 nitrogen and oxygen atoms in total. The van der Waals surface area contributed by atoms with Gasteiger partial charge in [-0.25, -0.2) is 0 Å². The Balaban J connectivity index is 0. The van der Waals surface area contributed by atoms with Crippen LogP contribution in [0.1, 0.15) is 71.9 Å². The van der Waals surface area contributed by atoms with Crippen molar-refractivity contribution in [2.75, 3.05) is 18.5 Å². The minimum absolute atomic E-state index is 0.367. The maximum atomic E-state index is 4.88. The van der Waals surface area contributed by atoms with Gasteiger partial charge in [-0.2, -0.15) is 0 Å². The Morgan fingerprint density at radius 1 is 0.913 bits per heavy atom. The van der Waals surface area contributed by atoms with Crippen molar-refractivity contribution in [3.8, 4) is 0 Å². The van der Waals surface area contributed by atoms with E-state index in [4.69, 9.17) is 18.8 Å². The van der Waals surface area contributed by atoms with Crippen molar-refractivity contribution in [2.45, 2.75) is 73.1 Å². The van der Waals surface area contributed by atoms with Gasteiger partial charge < -0.3 is 0 Å². The standard InChI is InChI=1S/C10H18P2S.C6H15P.2ClH.Pt/c1-9(2,3)7-11-8(13-12-7)10(4,5)6;1-4-7(5-2)6-3;;;/h1-6H3;4-6H2,1-3H3;2*1H;/q;;;;+2/p-2. The normalized spacial score (nSPS) is 12.3. The van der Waals surface area contributed by atoms with E-state index in [2.05, 4.69) is 62.3 Å². The summed E-state index contributed by atoms with van der Waals surface area (Å²) in [5.74, 6) is 0. The molecule has 0 fully saturated rings. The van der Waals surface area contributed by atoms with Gasteiger partial charge in [-0.05, 0) is 31.3 Å². The van der Waals surface area contributed by atoms with Gasteiger partial charge in [-0.15, -0.1) is 18.9 Å². The zero-order valence-corrected chi connectivity index (χ0v) is 23.2. The van der Waals surface area contributed by atoms with Crippen LogP contribution < -0.4 is 0 Å². The van der Waals surface area contributed by atoms with Gasteiger partial charge in [0.25, 0.3) is 0 Å². The van der Waals surface area contributed by atoms with Crippen LogP contribution >= 0.6 is 53.3 Å². The van der Waals surface area contributed by atoms with E-state index in [0.717, 1.165) is 0 Å². The first-order valence-corrected chi connectivity index (χ1v) is 18.6. The van der Waals surface area contributed by atoms with Crippen molar-refractivity contribution in [3.05, 3.63) is 9.64 Å². The van der Waals surface area contributed by atoms with E-state index in [-0.39, 0.29) is 0 Å². The molecule has 1 heterocycles. The second kappa shape index (κ2) is 14.3. The molecule has 1 aromatic rings. The molecule has 0 saturated carbocycles. The molecule has 0 aliphatic heterocycles. The van der Waals surface area contributed by atoms with Crippen LogP contribution in [-0.4, -0.2) is 18.5 Å². The van der Waals surface area contributed by atoms with Gasteiger partial charge in [-0.1, -0.05) is 70.5 Å². The third-order valence-electron chi connectivity index (χ3n) is 3.08. The van der Waals surface area contributed by atoms with Crippen LogP contribution in [0.4, 0.5) is 0 Å². The van der Waals surface area contributed by atoms with Gasteiger partial charge in [0.05, 0.1) is 0 Å². The Kier molecular flexibility index (Phi) is 17.1. The SMILES string of the molecule is CC(C)(C)c1psc(C(C)(C)C)p1.CCP(CC)CC.[Cl][Pt][Cl]. The zero-order chi connectivity index (χ0) is 18.7. The Hall–Kier alpha value is 2.26. The first-order chi connectivity index (χ1) is 10.5. The molecule has 7 heteroatoms.